The van der Waals surface area contributed by atoms with Gasteiger partial charge in [0.25, 0.3) is 11.7 Å². The Morgan fingerprint density at radius 2 is 1.68 bits per heavy atom. The first-order chi connectivity index (χ1) is 15.0. The van der Waals surface area contributed by atoms with Crippen molar-refractivity contribution in [2.45, 2.75) is 19.9 Å². The molecule has 4 rings (SSSR count). The summed E-state index contributed by atoms with van der Waals surface area (Å²) in [6.07, 6.45) is 0. The lowest BCUT2D eigenvalue weighted by Crippen LogP contribution is -2.29. The van der Waals surface area contributed by atoms with E-state index in [-0.39, 0.29) is 11.3 Å². The van der Waals surface area contributed by atoms with E-state index in [1.807, 2.05) is 62.4 Å². The van der Waals surface area contributed by atoms with Gasteiger partial charge < -0.3 is 9.84 Å². The topological polar surface area (TPSA) is 66.8 Å². The molecule has 0 aliphatic carbocycles. The quantitative estimate of drug-likeness (QED) is 0.362. The van der Waals surface area contributed by atoms with Gasteiger partial charge in [0.05, 0.1) is 18.2 Å². The monoisotopic (exact) mass is 413 g/mol. The first-order valence-electron chi connectivity index (χ1n) is 10.2. The third kappa shape index (κ3) is 3.82. The van der Waals surface area contributed by atoms with Crippen molar-refractivity contribution in [2.75, 3.05) is 11.5 Å². The van der Waals surface area contributed by atoms with Crippen molar-refractivity contribution >= 4 is 23.1 Å². The van der Waals surface area contributed by atoms with Crippen LogP contribution in [0.1, 0.15) is 29.7 Å². The van der Waals surface area contributed by atoms with E-state index in [1.54, 1.807) is 30.3 Å². The molecule has 1 aliphatic heterocycles. The first kappa shape index (κ1) is 20.4. The van der Waals surface area contributed by atoms with Gasteiger partial charge in [-0.3, -0.25) is 14.5 Å². The molecule has 1 unspecified atom stereocenters. The van der Waals surface area contributed by atoms with E-state index >= 15 is 0 Å². The number of hydrogen-bond acceptors (Lipinski definition) is 4. The van der Waals surface area contributed by atoms with E-state index in [2.05, 4.69) is 0 Å². The Labute approximate surface area is 181 Å². The van der Waals surface area contributed by atoms with Crippen molar-refractivity contribution in [1.29, 1.82) is 0 Å². The highest BCUT2D eigenvalue weighted by atomic mass is 16.5. The fraction of sp³-hybridized carbons (Fsp3) is 0.154. The number of ketones is 1. The molecule has 31 heavy (non-hydrogen) atoms. The van der Waals surface area contributed by atoms with E-state index in [4.69, 9.17) is 4.74 Å². The number of carbonyl (C=O) groups excluding carboxylic acids is 2. The molecule has 1 amide bonds. The third-order valence-electron chi connectivity index (χ3n) is 5.29. The van der Waals surface area contributed by atoms with Crippen LogP contribution in [0.15, 0.2) is 84.4 Å². The number of aliphatic hydroxyl groups excluding tert-OH is 1. The number of rotatable bonds is 5. The lowest BCUT2D eigenvalue weighted by Gasteiger charge is -2.25. The van der Waals surface area contributed by atoms with Crippen molar-refractivity contribution in [3.05, 3.63) is 101 Å². The molecule has 1 heterocycles. The SMILES string of the molecule is CCOc1cccc(C2/C(=C(/O)c3ccc(C)cc3)C(=O)C(=O)N2c2ccccc2)c1. The molecule has 3 aromatic rings. The molecule has 156 valence electrons. The number of Topliss-reactive ketones (excluding diaryl/α,β-unsaturated/α-hetero) is 1. The number of anilines is 1. The second-order valence-corrected chi connectivity index (χ2v) is 7.38. The minimum absolute atomic E-state index is 0.0614. The summed E-state index contributed by atoms with van der Waals surface area (Å²) in [6.45, 7) is 4.32. The van der Waals surface area contributed by atoms with Crippen LogP contribution >= 0.6 is 0 Å². The fourth-order valence-electron chi connectivity index (χ4n) is 3.81. The van der Waals surface area contributed by atoms with Gasteiger partial charge in [0, 0.05) is 11.3 Å². The van der Waals surface area contributed by atoms with Crippen LogP contribution in [0.5, 0.6) is 5.75 Å². The summed E-state index contributed by atoms with van der Waals surface area (Å²) in [5.74, 6) is -0.946. The van der Waals surface area contributed by atoms with Gasteiger partial charge in [0.15, 0.2) is 0 Å². The molecule has 0 radical (unpaired) electrons. The molecule has 1 aliphatic rings. The number of carbonyl (C=O) groups is 2. The Kier molecular flexibility index (Phi) is 5.58. The molecule has 0 aromatic heterocycles. The minimum atomic E-state index is -0.774. The lowest BCUT2D eigenvalue weighted by atomic mass is 9.94. The highest BCUT2D eigenvalue weighted by Crippen LogP contribution is 2.42. The van der Waals surface area contributed by atoms with Gasteiger partial charge >= 0.3 is 0 Å². The Morgan fingerprint density at radius 3 is 2.35 bits per heavy atom. The zero-order valence-corrected chi connectivity index (χ0v) is 17.4. The number of nitrogens with zero attached hydrogens (tertiary/aromatic N) is 1. The zero-order valence-electron chi connectivity index (χ0n) is 17.4. The van der Waals surface area contributed by atoms with Gasteiger partial charge in [-0.2, -0.15) is 0 Å². The second kappa shape index (κ2) is 8.48. The first-order valence-corrected chi connectivity index (χ1v) is 10.2. The zero-order chi connectivity index (χ0) is 22.0. The number of hydrogen-bond donors (Lipinski definition) is 1. The average Bonchev–Trinajstić information content (AvgIpc) is 3.05. The molecule has 1 fully saturated rings. The molecule has 0 bridgehead atoms. The predicted octanol–water partition coefficient (Wildman–Crippen LogP) is 5.02. The van der Waals surface area contributed by atoms with Crippen molar-refractivity contribution in [3.63, 3.8) is 0 Å². The highest BCUT2D eigenvalue weighted by Gasteiger charge is 2.47. The van der Waals surface area contributed by atoms with Crippen LogP contribution < -0.4 is 9.64 Å². The molecule has 5 nitrogen and oxygen atoms in total. The van der Waals surface area contributed by atoms with Gasteiger partial charge in [0.1, 0.15) is 11.5 Å². The van der Waals surface area contributed by atoms with Crippen LogP contribution in [-0.4, -0.2) is 23.4 Å². The van der Waals surface area contributed by atoms with Gasteiger partial charge in [-0.05, 0) is 43.7 Å². The minimum Gasteiger partial charge on any atom is -0.507 e. The summed E-state index contributed by atoms with van der Waals surface area (Å²) < 4.78 is 5.63. The summed E-state index contributed by atoms with van der Waals surface area (Å²) in [5.41, 5.74) is 2.85. The predicted molar refractivity (Wildman–Crippen MR) is 120 cm³/mol. The maximum Gasteiger partial charge on any atom is 0.300 e. The Hall–Kier alpha value is -3.86. The van der Waals surface area contributed by atoms with Crippen LogP contribution in [0.25, 0.3) is 5.76 Å². The smallest absolute Gasteiger partial charge is 0.300 e. The van der Waals surface area contributed by atoms with Crippen molar-refractivity contribution in [2.24, 2.45) is 0 Å². The number of ether oxygens (including phenoxy) is 1. The maximum atomic E-state index is 13.1. The molecular formula is C26H23NO4. The van der Waals surface area contributed by atoms with Gasteiger partial charge in [-0.15, -0.1) is 0 Å². The van der Waals surface area contributed by atoms with Gasteiger partial charge in [-0.25, -0.2) is 0 Å². The van der Waals surface area contributed by atoms with Crippen molar-refractivity contribution < 1.29 is 19.4 Å². The van der Waals surface area contributed by atoms with E-state index in [0.717, 1.165) is 5.56 Å². The molecule has 1 saturated heterocycles. The lowest BCUT2D eigenvalue weighted by molar-refractivity contribution is -0.132. The number of aryl methyl sites for hydroxylation is 1. The highest BCUT2D eigenvalue weighted by molar-refractivity contribution is 6.51. The van der Waals surface area contributed by atoms with Crippen LogP contribution in [0.2, 0.25) is 0 Å². The molecule has 0 saturated carbocycles. The van der Waals surface area contributed by atoms with E-state index in [0.29, 0.717) is 29.2 Å². The van der Waals surface area contributed by atoms with Crippen LogP contribution in [0.4, 0.5) is 5.69 Å². The second-order valence-electron chi connectivity index (χ2n) is 7.38. The third-order valence-corrected chi connectivity index (χ3v) is 5.29. The number of para-hydroxylation sites is 1. The standard InChI is InChI=1S/C26H23NO4/c1-3-31-21-11-7-8-19(16-21)23-22(24(28)18-14-12-17(2)13-15-18)25(29)26(30)27(23)20-9-5-4-6-10-20/h4-16,23,28H,3H2,1-2H3/b24-22-. The van der Waals surface area contributed by atoms with E-state index < -0.39 is 17.7 Å². The molecule has 1 N–H and O–H groups in total. The van der Waals surface area contributed by atoms with E-state index in [9.17, 15) is 14.7 Å². The largest absolute Gasteiger partial charge is 0.507 e. The summed E-state index contributed by atoms with van der Waals surface area (Å²) in [6, 6.07) is 22.7. The van der Waals surface area contributed by atoms with Gasteiger partial charge in [-0.1, -0.05) is 60.2 Å². The Balaban J connectivity index is 1.93. The Bertz CT molecular complexity index is 1150. The van der Waals surface area contributed by atoms with E-state index in [1.165, 1.54) is 4.90 Å². The van der Waals surface area contributed by atoms with Crippen LogP contribution in [0.3, 0.4) is 0 Å². The summed E-state index contributed by atoms with van der Waals surface area (Å²) >= 11 is 0. The molecule has 0 spiro atoms. The molecular weight excluding hydrogens is 390 g/mol. The number of benzene rings is 3. The maximum absolute atomic E-state index is 13.1. The van der Waals surface area contributed by atoms with Crippen molar-refractivity contribution in [3.8, 4) is 5.75 Å². The normalized spacial score (nSPS) is 17.7. The summed E-state index contributed by atoms with van der Waals surface area (Å²) in [7, 11) is 0. The molecule has 3 aromatic carbocycles. The van der Waals surface area contributed by atoms with Gasteiger partial charge in [0.2, 0.25) is 0 Å². The van der Waals surface area contributed by atoms with Crippen molar-refractivity contribution in [1.82, 2.24) is 0 Å². The Morgan fingerprint density at radius 1 is 0.968 bits per heavy atom. The molecule has 1 atom stereocenters. The average molecular weight is 413 g/mol. The number of aliphatic hydroxyl groups is 1. The summed E-state index contributed by atoms with van der Waals surface area (Å²) in [4.78, 5) is 27.7. The summed E-state index contributed by atoms with van der Waals surface area (Å²) in [5, 5.41) is 11.1. The van der Waals surface area contributed by atoms with Crippen LogP contribution in [-0.2, 0) is 9.59 Å². The fourth-order valence-corrected chi connectivity index (χ4v) is 3.81. The van der Waals surface area contributed by atoms with Crippen LogP contribution in [0, 0.1) is 6.92 Å². The number of amides is 1. The molecule has 5 heteroatoms.